The molecule has 0 aliphatic carbocycles. The minimum absolute atomic E-state index is 0.0148. The molecule has 0 bridgehead atoms. The number of carboxylic acids is 1. The molecule has 3 heterocycles. The first-order chi connectivity index (χ1) is 12.0. The van der Waals surface area contributed by atoms with Crippen molar-refractivity contribution in [2.45, 2.75) is 44.2 Å². The number of piperidine rings is 1. The normalized spacial score (nSPS) is 30.0. The number of amides is 3. The molecule has 0 aromatic heterocycles. The van der Waals surface area contributed by atoms with Gasteiger partial charge in [-0.25, -0.2) is 9.59 Å². The number of ether oxygens (including phenoxy) is 1. The molecular weight excluding hydrogens is 326 g/mol. The van der Waals surface area contributed by atoms with Crippen LogP contribution in [0.25, 0.3) is 0 Å². The summed E-state index contributed by atoms with van der Waals surface area (Å²) in [7, 11) is 1.54. The second-order valence-electron chi connectivity index (χ2n) is 7.20. The second-order valence-corrected chi connectivity index (χ2v) is 7.20. The molecule has 0 saturated carbocycles. The van der Waals surface area contributed by atoms with Crippen molar-refractivity contribution >= 4 is 17.9 Å². The molecule has 3 fully saturated rings. The third-order valence-electron chi connectivity index (χ3n) is 5.58. The first-order valence-corrected chi connectivity index (χ1v) is 9.11. The second kappa shape index (κ2) is 7.59. The van der Waals surface area contributed by atoms with E-state index in [9.17, 15) is 19.5 Å². The largest absolute Gasteiger partial charge is 0.480 e. The lowest BCUT2D eigenvalue weighted by Crippen LogP contribution is -2.51. The third-order valence-corrected chi connectivity index (χ3v) is 5.58. The van der Waals surface area contributed by atoms with Crippen LogP contribution in [0.2, 0.25) is 0 Å². The Balaban J connectivity index is 1.64. The van der Waals surface area contributed by atoms with E-state index in [4.69, 9.17) is 4.74 Å². The van der Waals surface area contributed by atoms with Crippen LogP contribution in [0, 0.1) is 5.92 Å². The van der Waals surface area contributed by atoms with Crippen LogP contribution in [0.1, 0.15) is 32.1 Å². The minimum Gasteiger partial charge on any atom is -0.480 e. The molecule has 0 spiro atoms. The Morgan fingerprint density at radius 2 is 1.68 bits per heavy atom. The molecule has 1 N–H and O–H groups in total. The van der Waals surface area contributed by atoms with E-state index in [0.29, 0.717) is 32.5 Å². The molecule has 3 aliphatic rings. The number of rotatable bonds is 3. The summed E-state index contributed by atoms with van der Waals surface area (Å²) in [5, 5.41) is 9.41. The van der Waals surface area contributed by atoms with E-state index in [2.05, 4.69) is 0 Å². The summed E-state index contributed by atoms with van der Waals surface area (Å²) in [6.07, 6.45) is 3.62. The quantitative estimate of drug-likeness (QED) is 0.803. The topological polar surface area (TPSA) is 90.4 Å². The highest BCUT2D eigenvalue weighted by molar-refractivity contribution is 5.86. The smallest absolute Gasteiger partial charge is 0.326 e. The average molecular weight is 353 g/mol. The van der Waals surface area contributed by atoms with Gasteiger partial charge in [0, 0.05) is 46.3 Å². The summed E-state index contributed by atoms with van der Waals surface area (Å²) in [6.45, 7) is 2.94. The number of nitrogens with zero attached hydrogens (tertiary/aromatic N) is 3. The lowest BCUT2D eigenvalue weighted by Gasteiger charge is -2.36. The molecule has 3 aliphatic heterocycles. The third kappa shape index (κ3) is 3.73. The van der Waals surface area contributed by atoms with Crippen molar-refractivity contribution in [3.63, 3.8) is 0 Å². The Hall–Kier alpha value is -1.83. The summed E-state index contributed by atoms with van der Waals surface area (Å²) in [5.41, 5.74) is 0. The van der Waals surface area contributed by atoms with Gasteiger partial charge in [-0.05, 0) is 25.7 Å². The van der Waals surface area contributed by atoms with Crippen LogP contribution >= 0.6 is 0 Å². The van der Waals surface area contributed by atoms with Gasteiger partial charge in [0.15, 0.2) is 0 Å². The molecule has 8 heteroatoms. The maximum Gasteiger partial charge on any atom is 0.326 e. The lowest BCUT2D eigenvalue weighted by molar-refractivity contribution is -0.150. The fourth-order valence-corrected chi connectivity index (χ4v) is 4.14. The van der Waals surface area contributed by atoms with Gasteiger partial charge in [-0.2, -0.15) is 0 Å². The van der Waals surface area contributed by atoms with E-state index in [0.717, 1.165) is 32.4 Å². The number of hydrogen-bond acceptors (Lipinski definition) is 4. The van der Waals surface area contributed by atoms with Crippen LogP contribution < -0.4 is 0 Å². The first-order valence-electron chi connectivity index (χ1n) is 9.11. The van der Waals surface area contributed by atoms with Crippen molar-refractivity contribution in [1.29, 1.82) is 0 Å². The molecule has 0 radical (unpaired) electrons. The SMILES string of the molecule is COC1CC(C(=O)O)N(C(=O)C2CCCN(C(=O)N3CCCC3)C2)C1. The van der Waals surface area contributed by atoms with Gasteiger partial charge in [0.05, 0.1) is 12.0 Å². The van der Waals surface area contributed by atoms with Crippen LogP contribution in [0.15, 0.2) is 0 Å². The molecule has 0 aromatic carbocycles. The maximum absolute atomic E-state index is 12.9. The number of methoxy groups -OCH3 is 1. The number of likely N-dealkylation sites (tertiary alicyclic amines) is 3. The summed E-state index contributed by atoms with van der Waals surface area (Å²) in [4.78, 5) is 42.0. The molecule has 8 nitrogen and oxygen atoms in total. The highest BCUT2D eigenvalue weighted by atomic mass is 16.5. The predicted molar refractivity (Wildman–Crippen MR) is 89.1 cm³/mol. The highest BCUT2D eigenvalue weighted by Crippen LogP contribution is 2.27. The zero-order valence-electron chi connectivity index (χ0n) is 14.7. The zero-order chi connectivity index (χ0) is 18.0. The maximum atomic E-state index is 12.9. The van der Waals surface area contributed by atoms with Gasteiger partial charge in [-0.1, -0.05) is 0 Å². The number of urea groups is 1. The van der Waals surface area contributed by atoms with Crippen molar-refractivity contribution in [2.24, 2.45) is 5.92 Å². The van der Waals surface area contributed by atoms with Crippen LogP contribution in [0.5, 0.6) is 0 Å². The molecular formula is C17H27N3O5. The number of hydrogen-bond donors (Lipinski definition) is 1. The average Bonchev–Trinajstić information content (AvgIpc) is 3.30. The van der Waals surface area contributed by atoms with Crippen molar-refractivity contribution in [1.82, 2.24) is 14.7 Å². The highest BCUT2D eigenvalue weighted by Gasteiger charge is 2.43. The molecule has 3 rings (SSSR count). The Labute approximate surface area is 147 Å². The number of carboxylic acid groups (broad SMARTS) is 1. The fraction of sp³-hybridized carbons (Fsp3) is 0.824. The van der Waals surface area contributed by atoms with E-state index in [1.807, 2.05) is 4.90 Å². The minimum atomic E-state index is -0.992. The molecule has 140 valence electrons. The van der Waals surface area contributed by atoms with Gasteiger partial charge in [-0.3, -0.25) is 4.79 Å². The molecule has 3 amide bonds. The fourth-order valence-electron chi connectivity index (χ4n) is 4.14. The van der Waals surface area contributed by atoms with Crippen molar-refractivity contribution in [2.75, 3.05) is 39.8 Å². The number of aliphatic carboxylic acids is 1. The Kier molecular flexibility index (Phi) is 5.46. The van der Waals surface area contributed by atoms with Crippen molar-refractivity contribution in [3.05, 3.63) is 0 Å². The Morgan fingerprint density at radius 3 is 2.32 bits per heavy atom. The summed E-state index contributed by atoms with van der Waals surface area (Å²) >= 11 is 0. The predicted octanol–water partition coefficient (Wildman–Crippen LogP) is 0.615. The van der Waals surface area contributed by atoms with Gasteiger partial charge in [-0.15, -0.1) is 0 Å². The summed E-state index contributed by atoms with van der Waals surface area (Å²) < 4.78 is 5.26. The van der Waals surface area contributed by atoms with Gasteiger partial charge in [0.1, 0.15) is 6.04 Å². The van der Waals surface area contributed by atoms with E-state index in [1.165, 1.54) is 12.0 Å². The molecule has 0 aromatic rings. The van der Waals surface area contributed by atoms with Crippen molar-refractivity contribution in [3.8, 4) is 0 Å². The summed E-state index contributed by atoms with van der Waals surface area (Å²) in [5.74, 6) is -1.47. The van der Waals surface area contributed by atoms with Crippen LogP contribution in [0.3, 0.4) is 0 Å². The standard InChI is InChI=1S/C17H27N3O5/c1-25-13-9-14(16(22)23)20(11-13)15(21)12-5-4-8-19(10-12)17(24)18-6-2-3-7-18/h12-14H,2-11H2,1H3,(H,22,23). The van der Waals surface area contributed by atoms with E-state index in [-0.39, 0.29) is 24.0 Å². The van der Waals surface area contributed by atoms with Crippen LogP contribution in [-0.2, 0) is 14.3 Å². The van der Waals surface area contributed by atoms with Crippen molar-refractivity contribution < 1.29 is 24.2 Å². The van der Waals surface area contributed by atoms with Gasteiger partial charge >= 0.3 is 12.0 Å². The Bertz CT molecular complexity index is 534. The van der Waals surface area contributed by atoms with E-state index < -0.39 is 12.0 Å². The van der Waals surface area contributed by atoms with Gasteiger partial charge in [0.25, 0.3) is 0 Å². The molecule has 3 saturated heterocycles. The molecule has 3 unspecified atom stereocenters. The Morgan fingerprint density at radius 1 is 1.00 bits per heavy atom. The van der Waals surface area contributed by atoms with Gasteiger partial charge < -0.3 is 24.5 Å². The number of carbonyl (C=O) groups is 3. The van der Waals surface area contributed by atoms with Crippen LogP contribution in [-0.4, -0.2) is 89.7 Å². The first kappa shape index (κ1) is 18.0. The van der Waals surface area contributed by atoms with E-state index >= 15 is 0 Å². The van der Waals surface area contributed by atoms with Gasteiger partial charge in [0.2, 0.25) is 5.91 Å². The van der Waals surface area contributed by atoms with E-state index in [1.54, 1.807) is 4.90 Å². The van der Waals surface area contributed by atoms with Crippen LogP contribution in [0.4, 0.5) is 4.79 Å². The monoisotopic (exact) mass is 353 g/mol. The zero-order valence-corrected chi connectivity index (χ0v) is 14.7. The number of carbonyl (C=O) groups excluding carboxylic acids is 2. The molecule has 3 atom stereocenters. The summed E-state index contributed by atoms with van der Waals surface area (Å²) in [6, 6.07) is -0.817. The molecule has 25 heavy (non-hydrogen) atoms. The lowest BCUT2D eigenvalue weighted by atomic mass is 9.96.